The topological polar surface area (TPSA) is 32.7 Å². The highest BCUT2D eigenvalue weighted by Gasteiger charge is 1.99. The molecule has 0 amide bonds. The third-order valence-electron chi connectivity index (χ3n) is 2.74. The molecule has 0 saturated carbocycles. The maximum absolute atomic E-state index is 9.41. The van der Waals surface area contributed by atoms with Crippen LogP contribution in [0.5, 0.6) is 5.75 Å². The van der Waals surface area contributed by atoms with Gasteiger partial charge in [-0.2, -0.15) is 0 Å². The van der Waals surface area contributed by atoms with Gasteiger partial charge in [0.25, 0.3) is 0 Å². The summed E-state index contributed by atoms with van der Waals surface area (Å²) in [6, 6.07) is 7.90. The van der Waals surface area contributed by atoms with Gasteiger partial charge in [-0.25, -0.2) is 0 Å². The first kappa shape index (κ1) is 14.7. The van der Waals surface area contributed by atoms with Crippen LogP contribution in [0, 0.1) is 0 Å². The highest BCUT2D eigenvalue weighted by molar-refractivity contribution is 5.54. The Kier molecular flexibility index (Phi) is 5.89. The lowest BCUT2D eigenvalue weighted by Crippen LogP contribution is -2.19. The van der Waals surface area contributed by atoms with Gasteiger partial charge in [-0.3, -0.25) is 0 Å². The fourth-order valence-electron chi connectivity index (χ4n) is 1.39. The minimum atomic E-state index is -0.402. The highest BCUT2D eigenvalue weighted by atomic mass is 16.5. The average Bonchev–Trinajstić information content (AvgIpc) is 2.30. The van der Waals surface area contributed by atoms with Crippen LogP contribution in [0.15, 0.2) is 29.8 Å². The summed E-state index contributed by atoms with van der Waals surface area (Å²) in [5.41, 5.74) is 2.03. The number of ether oxygens (including phenoxy) is 1. The summed E-state index contributed by atoms with van der Waals surface area (Å²) in [5.74, 6) is 0.878. The van der Waals surface area contributed by atoms with Crippen molar-refractivity contribution in [1.29, 1.82) is 0 Å². The summed E-state index contributed by atoms with van der Waals surface area (Å²) >= 11 is 0. The number of benzene rings is 1. The zero-order chi connectivity index (χ0) is 13.5. The molecule has 0 radical (unpaired) electrons. The van der Waals surface area contributed by atoms with Crippen LogP contribution in [0.3, 0.4) is 0 Å². The van der Waals surface area contributed by atoms with E-state index in [0.717, 1.165) is 23.4 Å². The molecule has 1 aromatic carbocycles. The van der Waals surface area contributed by atoms with Crippen molar-refractivity contribution in [3.63, 3.8) is 0 Å². The van der Waals surface area contributed by atoms with Crippen molar-refractivity contribution in [3.8, 4) is 5.75 Å². The third kappa shape index (κ3) is 5.34. The molecule has 1 rings (SSSR count). The predicted octanol–water partition coefficient (Wildman–Crippen LogP) is 2.41. The molecule has 1 aromatic rings. The average molecular weight is 249 g/mol. The zero-order valence-electron chi connectivity index (χ0n) is 11.7. The van der Waals surface area contributed by atoms with Crippen molar-refractivity contribution in [2.45, 2.75) is 20.0 Å². The molecule has 100 valence electrons. The molecule has 0 aliphatic rings. The molecular weight excluding hydrogens is 226 g/mol. The first-order valence-electron chi connectivity index (χ1n) is 6.23. The van der Waals surface area contributed by atoms with Crippen molar-refractivity contribution in [3.05, 3.63) is 35.4 Å². The summed E-state index contributed by atoms with van der Waals surface area (Å²) in [7, 11) is 4.05. The zero-order valence-corrected chi connectivity index (χ0v) is 11.7. The second-order valence-corrected chi connectivity index (χ2v) is 4.79. The highest BCUT2D eigenvalue weighted by Crippen LogP contribution is 2.15. The van der Waals surface area contributed by atoms with Crippen molar-refractivity contribution >= 4 is 6.08 Å². The van der Waals surface area contributed by atoms with Crippen molar-refractivity contribution in [1.82, 2.24) is 4.90 Å². The quantitative estimate of drug-likeness (QED) is 0.840. The Morgan fingerprint density at radius 1 is 1.33 bits per heavy atom. The number of likely N-dealkylation sites (N-methyl/N-ethyl adjacent to an activating group) is 1. The van der Waals surface area contributed by atoms with Crippen LogP contribution in [0.4, 0.5) is 0 Å². The van der Waals surface area contributed by atoms with E-state index in [9.17, 15) is 5.11 Å². The number of hydrogen-bond acceptors (Lipinski definition) is 3. The number of nitrogens with zero attached hydrogens (tertiary/aromatic N) is 1. The van der Waals surface area contributed by atoms with Gasteiger partial charge in [0, 0.05) is 6.54 Å². The van der Waals surface area contributed by atoms with E-state index in [1.165, 1.54) is 0 Å². The normalized spacial score (nSPS) is 13.8. The van der Waals surface area contributed by atoms with Gasteiger partial charge in [0.05, 0.1) is 6.10 Å². The summed E-state index contributed by atoms with van der Waals surface area (Å²) in [4.78, 5) is 2.09. The third-order valence-corrected chi connectivity index (χ3v) is 2.74. The second kappa shape index (κ2) is 7.19. The largest absolute Gasteiger partial charge is 0.492 e. The molecule has 0 heterocycles. The van der Waals surface area contributed by atoms with Gasteiger partial charge in [-0.15, -0.1) is 0 Å². The molecule has 1 atom stereocenters. The molecule has 0 aromatic heterocycles. The van der Waals surface area contributed by atoms with Crippen LogP contribution in [-0.4, -0.2) is 43.4 Å². The molecule has 18 heavy (non-hydrogen) atoms. The molecule has 3 heteroatoms. The van der Waals surface area contributed by atoms with E-state index in [-0.39, 0.29) is 0 Å². The number of aliphatic hydroxyl groups excluding tert-OH is 1. The molecular formula is C15H23NO2. The number of aliphatic hydroxyl groups is 1. The Balaban J connectivity index is 2.55. The van der Waals surface area contributed by atoms with Gasteiger partial charge >= 0.3 is 0 Å². The first-order valence-corrected chi connectivity index (χ1v) is 6.23. The minimum Gasteiger partial charge on any atom is -0.492 e. The molecule has 0 bridgehead atoms. The lowest BCUT2D eigenvalue weighted by Gasteiger charge is -2.11. The van der Waals surface area contributed by atoms with Gasteiger partial charge in [0.1, 0.15) is 12.4 Å². The standard InChI is InChI=1S/C15H23NO2/c1-12(13(2)17)11-14-5-7-15(8-6-14)18-10-9-16(3)4/h5-8,11,13,17H,9-10H2,1-4H3/b12-11+. The summed E-state index contributed by atoms with van der Waals surface area (Å²) in [6.45, 7) is 5.29. The van der Waals surface area contributed by atoms with Gasteiger partial charge in [-0.1, -0.05) is 18.2 Å². The van der Waals surface area contributed by atoms with Crippen molar-refractivity contribution in [2.75, 3.05) is 27.2 Å². The van der Waals surface area contributed by atoms with Crippen LogP contribution in [-0.2, 0) is 0 Å². The first-order chi connectivity index (χ1) is 8.49. The fourth-order valence-corrected chi connectivity index (χ4v) is 1.39. The predicted molar refractivity (Wildman–Crippen MR) is 75.8 cm³/mol. The van der Waals surface area contributed by atoms with Gasteiger partial charge in [0.2, 0.25) is 0 Å². The monoisotopic (exact) mass is 249 g/mol. The van der Waals surface area contributed by atoms with Crippen LogP contribution in [0.25, 0.3) is 6.08 Å². The SMILES string of the molecule is C/C(=C\c1ccc(OCCN(C)C)cc1)C(C)O. The van der Waals surface area contributed by atoms with E-state index in [2.05, 4.69) is 4.90 Å². The van der Waals surface area contributed by atoms with Crippen LogP contribution in [0.1, 0.15) is 19.4 Å². The lowest BCUT2D eigenvalue weighted by atomic mass is 10.1. The van der Waals surface area contributed by atoms with Gasteiger partial charge in [0.15, 0.2) is 0 Å². The van der Waals surface area contributed by atoms with Gasteiger partial charge in [-0.05, 0) is 51.2 Å². The molecule has 0 aliphatic heterocycles. The molecule has 0 aliphatic carbocycles. The Morgan fingerprint density at radius 3 is 2.44 bits per heavy atom. The van der Waals surface area contributed by atoms with Crippen LogP contribution < -0.4 is 4.74 Å². The Labute approximate surface area is 110 Å². The van der Waals surface area contributed by atoms with E-state index in [4.69, 9.17) is 4.74 Å². The minimum absolute atomic E-state index is 0.402. The molecule has 3 nitrogen and oxygen atoms in total. The van der Waals surface area contributed by atoms with E-state index in [1.54, 1.807) is 6.92 Å². The molecule has 0 saturated heterocycles. The number of hydrogen-bond donors (Lipinski definition) is 1. The Morgan fingerprint density at radius 2 is 1.94 bits per heavy atom. The van der Waals surface area contributed by atoms with Crippen molar-refractivity contribution in [2.24, 2.45) is 0 Å². The number of rotatable bonds is 6. The second-order valence-electron chi connectivity index (χ2n) is 4.79. The molecule has 0 fully saturated rings. The Bertz CT molecular complexity index is 380. The maximum atomic E-state index is 9.41. The van der Waals surface area contributed by atoms with Crippen molar-refractivity contribution < 1.29 is 9.84 Å². The maximum Gasteiger partial charge on any atom is 0.119 e. The van der Waals surface area contributed by atoms with Crippen LogP contribution >= 0.6 is 0 Å². The van der Waals surface area contributed by atoms with E-state index >= 15 is 0 Å². The van der Waals surface area contributed by atoms with E-state index in [0.29, 0.717) is 6.61 Å². The Hall–Kier alpha value is -1.32. The van der Waals surface area contributed by atoms with Crippen LogP contribution in [0.2, 0.25) is 0 Å². The lowest BCUT2D eigenvalue weighted by molar-refractivity contribution is 0.232. The molecule has 1 unspecified atom stereocenters. The molecule has 1 N–H and O–H groups in total. The summed E-state index contributed by atoms with van der Waals surface area (Å²) in [5, 5.41) is 9.41. The fraction of sp³-hybridized carbons (Fsp3) is 0.467. The summed E-state index contributed by atoms with van der Waals surface area (Å²) in [6.07, 6.45) is 1.58. The van der Waals surface area contributed by atoms with E-state index < -0.39 is 6.10 Å². The smallest absolute Gasteiger partial charge is 0.119 e. The summed E-state index contributed by atoms with van der Waals surface area (Å²) < 4.78 is 5.61. The van der Waals surface area contributed by atoms with E-state index in [1.807, 2.05) is 51.4 Å². The molecule has 0 spiro atoms. The van der Waals surface area contributed by atoms with Gasteiger partial charge < -0.3 is 14.7 Å².